The van der Waals surface area contributed by atoms with E-state index in [1.54, 1.807) is 19.2 Å². The molecule has 2 fully saturated rings. The molecule has 2 atom stereocenters. The van der Waals surface area contributed by atoms with E-state index in [0.29, 0.717) is 52.7 Å². The Bertz CT molecular complexity index is 1730. The number of carbonyl (C=O) groups is 1. The van der Waals surface area contributed by atoms with E-state index >= 15 is 0 Å². The number of aromatic nitrogens is 4. The lowest BCUT2D eigenvalue weighted by Gasteiger charge is -2.42. The largest absolute Gasteiger partial charge is 0.484 e. The molecule has 6 rings (SSSR count). The molecule has 2 aliphatic heterocycles. The van der Waals surface area contributed by atoms with Crippen LogP contribution in [-0.2, 0) is 20.9 Å². The van der Waals surface area contributed by atoms with Crippen molar-refractivity contribution in [3.63, 3.8) is 0 Å². The lowest BCUT2D eigenvalue weighted by molar-refractivity contribution is -0.123. The molecular weight excluding hydrogens is 677 g/mol. The van der Waals surface area contributed by atoms with Crippen molar-refractivity contribution in [3.05, 3.63) is 59.1 Å². The molecule has 2 aliphatic rings. The number of rotatable bonds is 11. The first kappa shape index (κ1) is 36.1. The Morgan fingerprint density at radius 2 is 1.96 bits per heavy atom. The van der Waals surface area contributed by atoms with Crippen molar-refractivity contribution in [3.8, 4) is 17.0 Å². The minimum atomic E-state index is -0.223. The first-order valence-corrected chi connectivity index (χ1v) is 16.8. The van der Waals surface area contributed by atoms with E-state index in [2.05, 4.69) is 10.2 Å². The monoisotopic (exact) mass is 717 g/mol. The zero-order valence-electron chi connectivity index (χ0n) is 27.1. The number of halogens is 2. The maximum atomic E-state index is 11.9. The summed E-state index contributed by atoms with van der Waals surface area (Å²) in [6, 6.07) is 9.33. The second kappa shape index (κ2) is 15.6. The number of fused-ring (bicyclic) bond motifs is 1. The van der Waals surface area contributed by atoms with Crippen molar-refractivity contribution in [1.82, 2.24) is 24.7 Å². The molecule has 0 radical (unpaired) electrons. The van der Waals surface area contributed by atoms with Crippen molar-refractivity contribution in [1.29, 1.82) is 0 Å². The molecule has 1 aromatic carbocycles. The summed E-state index contributed by atoms with van der Waals surface area (Å²) in [5, 5.41) is 14.2. The van der Waals surface area contributed by atoms with Crippen LogP contribution in [0.3, 0.4) is 0 Å². The Labute approximate surface area is 295 Å². The molecule has 5 heterocycles. The summed E-state index contributed by atoms with van der Waals surface area (Å²) in [5.74, 6) is 1.08. The lowest BCUT2D eigenvalue weighted by atomic mass is 9.73. The SMILES string of the molecule is COCCNC(=O)COc1ccc(-c2cn3ccc(Sc4nc(CO)c(N5CCC6(CC5)CO[C@@H](C)[C@H]6N)nc4C)c(Cl)c3n2)cc1.Cl. The number of methoxy groups -OCH3 is 1. The van der Waals surface area contributed by atoms with Crippen LogP contribution >= 0.6 is 35.8 Å². The number of nitrogens with two attached hydrogens (primary N) is 1. The summed E-state index contributed by atoms with van der Waals surface area (Å²) in [6.07, 6.45) is 5.71. The molecule has 258 valence electrons. The van der Waals surface area contributed by atoms with Gasteiger partial charge in [0.2, 0.25) is 0 Å². The Morgan fingerprint density at radius 3 is 2.62 bits per heavy atom. The van der Waals surface area contributed by atoms with E-state index in [9.17, 15) is 9.90 Å². The van der Waals surface area contributed by atoms with Gasteiger partial charge in [-0.2, -0.15) is 0 Å². The fraction of sp³-hybridized carbons (Fsp3) is 0.455. The maximum Gasteiger partial charge on any atom is 0.258 e. The molecule has 3 aromatic heterocycles. The predicted molar refractivity (Wildman–Crippen MR) is 187 cm³/mol. The van der Waals surface area contributed by atoms with Gasteiger partial charge in [-0.3, -0.25) is 4.79 Å². The smallest absolute Gasteiger partial charge is 0.258 e. The van der Waals surface area contributed by atoms with Gasteiger partial charge in [-0.15, -0.1) is 12.4 Å². The van der Waals surface area contributed by atoms with Gasteiger partial charge in [0.25, 0.3) is 5.91 Å². The Morgan fingerprint density at radius 1 is 1.21 bits per heavy atom. The standard InChI is InChI=1S/C33H40ClN7O5S.ClH/c1-20-32(39-25(17-42)30(37-20)40-13-9-33(10-14-40)19-46-21(2)29(33)35)47-26-8-12-41-16-24(38-31(41)28(26)34)22-4-6-23(7-5-22)45-18-27(43)36-11-15-44-3;/h4-8,12,16,21,29,42H,9-11,13-15,17-19,35H2,1-3H3,(H,36,43);1H/t21-,29+;/m0./s1. The number of aliphatic hydroxyl groups is 1. The van der Waals surface area contributed by atoms with Gasteiger partial charge < -0.3 is 39.7 Å². The van der Waals surface area contributed by atoms with E-state index in [0.717, 1.165) is 47.8 Å². The highest BCUT2D eigenvalue weighted by Crippen LogP contribution is 2.43. The Hall–Kier alpha value is -3.17. The Kier molecular flexibility index (Phi) is 11.7. The van der Waals surface area contributed by atoms with Crippen molar-refractivity contribution < 1.29 is 24.1 Å². The van der Waals surface area contributed by atoms with Crippen LogP contribution in [-0.4, -0.2) is 89.1 Å². The molecule has 2 saturated heterocycles. The number of hydrogen-bond donors (Lipinski definition) is 3. The zero-order chi connectivity index (χ0) is 33.1. The van der Waals surface area contributed by atoms with Gasteiger partial charge in [-0.1, -0.05) is 23.4 Å². The molecule has 0 saturated carbocycles. The highest BCUT2D eigenvalue weighted by Gasteiger charge is 2.47. The number of imidazole rings is 1. The van der Waals surface area contributed by atoms with E-state index in [-0.39, 0.29) is 49.1 Å². The molecule has 48 heavy (non-hydrogen) atoms. The molecule has 12 nitrogen and oxygen atoms in total. The van der Waals surface area contributed by atoms with E-state index in [4.69, 9.17) is 46.5 Å². The van der Waals surface area contributed by atoms with Crippen LogP contribution in [0.15, 0.2) is 52.6 Å². The highest BCUT2D eigenvalue weighted by atomic mass is 35.5. The number of amides is 1. The number of anilines is 1. The van der Waals surface area contributed by atoms with Crippen LogP contribution in [0.2, 0.25) is 5.02 Å². The molecular formula is C33H41Cl2N7O5S. The zero-order valence-corrected chi connectivity index (χ0v) is 29.5. The number of hydrogen-bond acceptors (Lipinski definition) is 11. The quantitative estimate of drug-likeness (QED) is 0.191. The summed E-state index contributed by atoms with van der Waals surface area (Å²) in [7, 11) is 1.58. The molecule has 15 heteroatoms. The molecule has 1 spiro atoms. The first-order valence-electron chi connectivity index (χ1n) is 15.7. The third-order valence-corrected chi connectivity index (χ3v) is 10.6. The first-order chi connectivity index (χ1) is 22.7. The van der Waals surface area contributed by atoms with Gasteiger partial charge in [-0.25, -0.2) is 15.0 Å². The molecule has 0 bridgehead atoms. The van der Waals surface area contributed by atoms with Crippen LogP contribution in [0, 0.1) is 12.3 Å². The number of aryl methyl sites for hydroxylation is 1. The number of nitrogens with zero attached hydrogens (tertiary/aromatic N) is 5. The Balaban J connectivity index is 0.00000451. The van der Waals surface area contributed by atoms with Gasteiger partial charge in [-0.05, 0) is 57.0 Å². The summed E-state index contributed by atoms with van der Waals surface area (Å²) in [5.41, 5.74) is 10.0. The minimum absolute atomic E-state index is 0. The van der Waals surface area contributed by atoms with Gasteiger partial charge in [0.05, 0.1) is 42.3 Å². The minimum Gasteiger partial charge on any atom is -0.484 e. The number of carbonyl (C=O) groups excluding carboxylic acids is 1. The number of ether oxygens (including phenoxy) is 3. The van der Waals surface area contributed by atoms with E-state index in [1.165, 1.54) is 11.8 Å². The summed E-state index contributed by atoms with van der Waals surface area (Å²) >= 11 is 8.30. The molecule has 0 aliphatic carbocycles. The normalized spacial score (nSPS) is 18.7. The van der Waals surface area contributed by atoms with Crippen molar-refractivity contribution >= 4 is 53.1 Å². The second-order valence-corrected chi connectivity index (χ2v) is 13.5. The topological polar surface area (TPSA) is 149 Å². The van der Waals surface area contributed by atoms with Crippen LogP contribution in [0.4, 0.5) is 5.82 Å². The summed E-state index contributed by atoms with van der Waals surface area (Å²) < 4.78 is 18.3. The fourth-order valence-electron chi connectivity index (χ4n) is 6.15. The summed E-state index contributed by atoms with van der Waals surface area (Å²) in [6.45, 7) is 6.80. The number of pyridine rings is 1. The van der Waals surface area contributed by atoms with Gasteiger partial charge >= 0.3 is 0 Å². The molecule has 1 amide bonds. The van der Waals surface area contributed by atoms with Crippen molar-refractivity contribution in [2.45, 2.75) is 55.4 Å². The number of nitrogens with one attached hydrogen (secondary N) is 1. The number of benzene rings is 1. The third kappa shape index (κ3) is 7.52. The highest BCUT2D eigenvalue weighted by molar-refractivity contribution is 7.99. The van der Waals surface area contributed by atoms with Gasteiger partial charge in [0.15, 0.2) is 18.1 Å². The second-order valence-electron chi connectivity index (χ2n) is 12.0. The fourth-order valence-corrected chi connectivity index (χ4v) is 7.34. The molecule has 0 unspecified atom stereocenters. The number of piperidine rings is 1. The van der Waals surface area contributed by atoms with Crippen LogP contribution in [0.5, 0.6) is 5.75 Å². The van der Waals surface area contributed by atoms with E-state index in [1.807, 2.05) is 48.8 Å². The van der Waals surface area contributed by atoms with E-state index < -0.39 is 0 Å². The van der Waals surface area contributed by atoms with Gasteiger partial charge in [0, 0.05) is 61.1 Å². The van der Waals surface area contributed by atoms with Crippen LogP contribution < -0.4 is 20.7 Å². The predicted octanol–water partition coefficient (Wildman–Crippen LogP) is 4.29. The lowest BCUT2D eigenvalue weighted by Crippen LogP contribution is -2.51. The average molecular weight is 719 g/mol. The maximum absolute atomic E-state index is 11.9. The summed E-state index contributed by atoms with van der Waals surface area (Å²) in [4.78, 5) is 29.4. The number of aliphatic hydroxyl groups excluding tert-OH is 1. The van der Waals surface area contributed by atoms with Crippen LogP contribution in [0.25, 0.3) is 16.9 Å². The van der Waals surface area contributed by atoms with Crippen molar-refractivity contribution in [2.75, 3.05) is 51.5 Å². The molecule has 4 N–H and O–H groups in total. The third-order valence-electron chi connectivity index (χ3n) is 9.02. The van der Waals surface area contributed by atoms with Crippen molar-refractivity contribution in [2.24, 2.45) is 11.1 Å². The van der Waals surface area contributed by atoms with Crippen LogP contribution in [0.1, 0.15) is 31.2 Å². The molecule has 4 aromatic rings. The van der Waals surface area contributed by atoms with Gasteiger partial charge in [0.1, 0.15) is 16.5 Å². The average Bonchev–Trinajstić information content (AvgIpc) is 3.64.